The molecule has 0 unspecified atom stereocenters. The first kappa shape index (κ1) is 18.2. The van der Waals surface area contributed by atoms with Gasteiger partial charge in [0.15, 0.2) is 5.69 Å². The lowest BCUT2D eigenvalue weighted by atomic mass is 9.88. The van der Waals surface area contributed by atoms with Crippen molar-refractivity contribution in [2.45, 2.75) is 39.0 Å². The molecule has 1 aliphatic heterocycles. The Balaban J connectivity index is 1.59. The van der Waals surface area contributed by atoms with Crippen molar-refractivity contribution in [1.82, 2.24) is 10.1 Å². The maximum atomic E-state index is 12.6. The Morgan fingerprint density at radius 3 is 2.58 bits per heavy atom. The predicted octanol–water partition coefficient (Wildman–Crippen LogP) is 3.59. The van der Waals surface area contributed by atoms with Crippen molar-refractivity contribution in [3.63, 3.8) is 0 Å². The van der Waals surface area contributed by atoms with E-state index in [0.717, 1.165) is 24.8 Å². The van der Waals surface area contributed by atoms with E-state index in [1.165, 1.54) is 0 Å². The van der Waals surface area contributed by atoms with Crippen molar-refractivity contribution in [3.8, 4) is 0 Å². The van der Waals surface area contributed by atoms with Crippen molar-refractivity contribution in [2.75, 3.05) is 13.1 Å². The number of likely N-dealkylation sites (tertiary alicyclic amines) is 1. The molecule has 1 N–H and O–H groups in total. The van der Waals surface area contributed by atoms with Crippen LogP contribution in [0.3, 0.4) is 0 Å². The summed E-state index contributed by atoms with van der Waals surface area (Å²) in [5.41, 5.74) is 1.60. The summed E-state index contributed by atoms with van der Waals surface area (Å²) >= 11 is 0. The second-order valence-electron chi connectivity index (χ2n) is 7.17. The number of carbonyl (C=O) groups excluding carboxylic acids is 1. The first-order valence-corrected chi connectivity index (χ1v) is 9.02. The maximum absolute atomic E-state index is 12.6. The number of carboxylic acid groups (broad SMARTS) is 1. The highest BCUT2D eigenvalue weighted by Gasteiger charge is 2.26. The topological polar surface area (TPSA) is 83.6 Å². The van der Waals surface area contributed by atoms with E-state index >= 15 is 0 Å². The van der Waals surface area contributed by atoms with Gasteiger partial charge >= 0.3 is 5.97 Å². The van der Waals surface area contributed by atoms with Gasteiger partial charge in [0.05, 0.1) is 5.56 Å². The van der Waals surface area contributed by atoms with Gasteiger partial charge in [-0.15, -0.1) is 0 Å². The molecule has 0 radical (unpaired) electrons. The van der Waals surface area contributed by atoms with E-state index < -0.39 is 5.97 Å². The van der Waals surface area contributed by atoms with Crippen LogP contribution in [0, 0.1) is 5.92 Å². The molecule has 1 fully saturated rings. The molecule has 3 rings (SSSR count). The van der Waals surface area contributed by atoms with Gasteiger partial charge in [-0.3, -0.25) is 4.79 Å². The van der Waals surface area contributed by atoms with Crippen LogP contribution in [-0.2, 0) is 6.42 Å². The van der Waals surface area contributed by atoms with E-state index in [4.69, 9.17) is 4.52 Å². The molecule has 1 aliphatic rings. The average Bonchev–Trinajstić information content (AvgIpc) is 3.12. The maximum Gasteiger partial charge on any atom is 0.335 e. The minimum Gasteiger partial charge on any atom is -0.478 e. The molecule has 2 heterocycles. The number of carboxylic acids is 1. The number of benzene rings is 1. The Morgan fingerprint density at radius 2 is 1.96 bits per heavy atom. The molecule has 0 spiro atoms. The van der Waals surface area contributed by atoms with Gasteiger partial charge in [0.1, 0.15) is 5.76 Å². The summed E-state index contributed by atoms with van der Waals surface area (Å²) in [5.74, 6) is 0.311. The summed E-state index contributed by atoms with van der Waals surface area (Å²) in [6.45, 7) is 5.30. The number of hydrogen-bond donors (Lipinski definition) is 1. The summed E-state index contributed by atoms with van der Waals surface area (Å²) < 4.78 is 5.22. The second kappa shape index (κ2) is 7.72. The van der Waals surface area contributed by atoms with Crippen LogP contribution in [0.4, 0.5) is 0 Å². The summed E-state index contributed by atoms with van der Waals surface area (Å²) in [7, 11) is 0. The number of nitrogens with zero attached hydrogens (tertiary/aromatic N) is 2. The molecule has 1 saturated heterocycles. The monoisotopic (exact) mass is 356 g/mol. The molecule has 138 valence electrons. The fourth-order valence-electron chi connectivity index (χ4n) is 3.38. The van der Waals surface area contributed by atoms with Crippen molar-refractivity contribution >= 4 is 11.9 Å². The molecule has 0 saturated carbocycles. The minimum absolute atomic E-state index is 0.0926. The third-order valence-electron chi connectivity index (χ3n) is 4.97. The molecule has 1 amide bonds. The number of amides is 1. The zero-order valence-electron chi connectivity index (χ0n) is 15.1. The number of rotatable bonds is 5. The lowest BCUT2D eigenvalue weighted by Crippen LogP contribution is -2.39. The number of carbonyl (C=O) groups is 2. The molecule has 2 aromatic rings. The smallest absolute Gasteiger partial charge is 0.335 e. The van der Waals surface area contributed by atoms with Gasteiger partial charge in [-0.1, -0.05) is 37.2 Å². The van der Waals surface area contributed by atoms with Gasteiger partial charge in [0.25, 0.3) is 5.91 Å². The fraction of sp³-hybridized carbons (Fsp3) is 0.450. The van der Waals surface area contributed by atoms with Crippen molar-refractivity contribution in [3.05, 3.63) is 52.9 Å². The van der Waals surface area contributed by atoms with Crippen LogP contribution in [0.2, 0.25) is 0 Å². The van der Waals surface area contributed by atoms with E-state index in [-0.39, 0.29) is 11.8 Å². The van der Waals surface area contributed by atoms with Gasteiger partial charge in [-0.2, -0.15) is 0 Å². The highest BCUT2D eigenvalue weighted by atomic mass is 16.5. The van der Waals surface area contributed by atoms with Gasteiger partial charge in [-0.25, -0.2) is 4.79 Å². The Morgan fingerprint density at radius 1 is 1.27 bits per heavy atom. The van der Waals surface area contributed by atoms with E-state index in [1.54, 1.807) is 18.2 Å². The largest absolute Gasteiger partial charge is 0.478 e. The third kappa shape index (κ3) is 3.95. The van der Waals surface area contributed by atoms with Crippen molar-refractivity contribution in [1.29, 1.82) is 0 Å². The van der Waals surface area contributed by atoms with E-state index in [2.05, 4.69) is 5.16 Å². The Bertz CT molecular complexity index is 789. The summed E-state index contributed by atoms with van der Waals surface area (Å²) in [4.78, 5) is 25.7. The van der Waals surface area contributed by atoms with Crippen molar-refractivity contribution in [2.24, 2.45) is 5.92 Å². The predicted molar refractivity (Wildman–Crippen MR) is 96.3 cm³/mol. The van der Waals surface area contributed by atoms with Crippen LogP contribution in [0.5, 0.6) is 0 Å². The van der Waals surface area contributed by atoms with Crippen LogP contribution in [0.1, 0.15) is 64.8 Å². The highest BCUT2D eigenvalue weighted by molar-refractivity contribution is 5.92. The fourth-order valence-corrected chi connectivity index (χ4v) is 3.38. The van der Waals surface area contributed by atoms with E-state index in [0.29, 0.717) is 36.0 Å². The standard InChI is InChI=1S/C20H24N2O4/c1-13(2)18-12-17(21-26-18)19(23)22-9-7-14(8-10-22)11-15-5-3-4-6-16(15)20(24)25/h3-6,12-14H,7-11H2,1-2H3,(H,24,25). The van der Waals surface area contributed by atoms with Crippen LogP contribution in [0.25, 0.3) is 0 Å². The number of hydrogen-bond acceptors (Lipinski definition) is 4. The normalized spacial score (nSPS) is 15.4. The average molecular weight is 356 g/mol. The quantitative estimate of drug-likeness (QED) is 0.885. The Kier molecular flexibility index (Phi) is 5.40. The van der Waals surface area contributed by atoms with Gasteiger partial charge < -0.3 is 14.5 Å². The molecular weight excluding hydrogens is 332 g/mol. The first-order chi connectivity index (χ1) is 12.5. The number of piperidine rings is 1. The van der Waals surface area contributed by atoms with E-state index in [1.807, 2.05) is 30.9 Å². The van der Waals surface area contributed by atoms with Crippen LogP contribution in [-0.4, -0.2) is 40.1 Å². The number of aromatic carboxylic acids is 1. The van der Waals surface area contributed by atoms with Crippen LogP contribution in [0.15, 0.2) is 34.9 Å². The van der Waals surface area contributed by atoms with E-state index in [9.17, 15) is 14.7 Å². The first-order valence-electron chi connectivity index (χ1n) is 9.02. The van der Waals surface area contributed by atoms with Gasteiger partial charge in [0.2, 0.25) is 0 Å². The van der Waals surface area contributed by atoms with Crippen LogP contribution >= 0.6 is 0 Å². The van der Waals surface area contributed by atoms with Gasteiger partial charge in [0, 0.05) is 25.1 Å². The lowest BCUT2D eigenvalue weighted by molar-refractivity contribution is 0.0680. The molecule has 1 aromatic heterocycles. The summed E-state index contributed by atoms with van der Waals surface area (Å²) in [6, 6.07) is 8.87. The molecule has 26 heavy (non-hydrogen) atoms. The molecule has 0 atom stereocenters. The molecule has 0 aliphatic carbocycles. The Labute approximate surface area is 152 Å². The molecule has 0 bridgehead atoms. The molecule has 1 aromatic carbocycles. The second-order valence-corrected chi connectivity index (χ2v) is 7.17. The zero-order valence-corrected chi connectivity index (χ0v) is 15.1. The molecular formula is C20H24N2O4. The highest BCUT2D eigenvalue weighted by Crippen LogP contribution is 2.25. The Hall–Kier alpha value is -2.63. The SMILES string of the molecule is CC(C)c1cc(C(=O)N2CCC(Cc3ccccc3C(=O)O)CC2)no1. The van der Waals surface area contributed by atoms with Gasteiger partial charge in [-0.05, 0) is 36.8 Å². The summed E-state index contributed by atoms with van der Waals surface area (Å²) in [5, 5.41) is 13.2. The minimum atomic E-state index is -0.889. The lowest BCUT2D eigenvalue weighted by Gasteiger charge is -2.31. The van der Waals surface area contributed by atoms with Crippen molar-refractivity contribution < 1.29 is 19.2 Å². The zero-order chi connectivity index (χ0) is 18.7. The number of aromatic nitrogens is 1. The third-order valence-corrected chi connectivity index (χ3v) is 4.97. The van der Waals surface area contributed by atoms with Crippen LogP contribution < -0.4 is 0 Å². The molecule has 6 nitrogen and oxygen atoms in total. The summed E-state index contributed by atoms with van der Waals surface area (Å²) in [6.07, 6.45) is 2.44. The molecule has 6 heteroatoms.